The van der Waals surface area contributed by atoms with Gasteiger partial charge >= 0.3 is 6.03 Å². The largest absolute Gasteiger partial charge is 0.391 e. The molecule has 5 nitrogen and oxygen atoms in total. The lowest BCUT2D eigenvalue weighted by atomic mass is 10.0. The Kier molecular flexibility index (Phi) is 8.04. The predicted molar refractivity (Wildman–Crippen MR) is 86.4 cm³/mol. The molecule has 1 heterocycles. The van der Waals surface area contributed by atoms with Gasteiger partial charge in [-0.3, -0.25) is 4.90 Å². The molecule has 0 spiro atoms. The van der Waals surface area contributed by atoms with E-state index in [1.165, 1.54) is 0 Å². The third-order valence-corrected chi connectivity index (χ3v) is 4.24. The van der Waals surface area contributed by atoms with E-state index >= 15 is 0 Å². The zero-order valence-corrected chi connectivity index (χ0v) is 14.1. The summed E-state index contributed by atoms with van der Waals surface area (Å²) >= 11 is 0. The van der Waals surface area contributed by atoms with E-state index in [0.29, 0.717) is 25.0 Å². The molecule has 5 heteroatoms. The maximum Gasteiger partial charge on any atom is 0.317 e. The van der Waals surface area contributed by atoms with Gasteiger partial charge in [0.2, 0.25) is 0 Å². The lowest BCUT2D eigenvalue weighted by molar-refractivity contribution is 0.0830. The second-order valence-electron chi connectivity index (χ2n) is 6.43. The van der Waals surface area contributed by atoms with Crippen LogP contribution in [0.25, 0.3) is 0 Å². The molecule has 1 aliphatic heterocycles. The average Bonchev–Trinajstić information content (AvgIpc) is 2.45. The van der Waals surface area contributed by atoms with E-state index in [1.807, 2.05) is 0 Å². The Bertz CT molecular complexity index is 306. The number of hydrogen-bond acceptors (Lipinski definition) is 3. The SMILES string of the molecule is CCN(CC)C(CNC(=O)N1CCCC(O)C1)CC(C)C. The Morgan fingerprint density at radius 1 is 1.38 bits per heavy atom. The van der Waals surface area contributed by atoms with Crippen molar-refractivity contribution in [1.29, 1.82) is 0 Å². The maximum atomic E-state index is 12.2. The van der Waals surface area contributed by atoms with Crippen molar-refractivity contribution >= 4 is 6.03 Å². The van der Waals surface area contributed by atoms with E-state index in [0.717, 1.165) is 38.9 Å². The van der Waals surface area contributed by atoms with Crippen molar-refractivity contribution in [3.63, 3.8) is 0 Å². The number of aliphatic hydroxyl groups is 1. The van der Waals surface area contributed by atoms with E-state index in [1.54, 1.807) is 4.90 Å². The minimum atomic E-state index is -0.362. The number of rotatable bonds is 7. The molecular weight excluding hydrogens is 266 g/mol. The molecule has 1 rings (SSSR count). The fraction of sp³-hybridized carbons (Fsp3) is 0.938. The summed E-state index contributed by atoms with van der Waals surface area (Å²) in [6.07, 6.45) is 2.42. The van der Waals surface area contributed by atoms with Crippen LogP contribution in [0.1, 0.15) is 47.0 Å². The topological polar surface area (TPSA) is 55.8 Å². The predicted octanol–water partition coefficient (Wildman–Crippen LogP) is 1.91. The van der Waals surface area contributed by atoms with Gasteiger partial charge in [0.05, 0.1) is 6.10 Å². The van der Waals surface area contributed by atoms with E-state index in [9.17, 15) is 9.90 Å². The van der Waals surface area contributed by atoms with Crippen LogP contribution in [0.4, 0.5) is 4.79 Å². The van der Waals surface area contributed by atoms with Crippen molar-refractivity contribution in [3.05, 3.63) is 0 Å². The number of piperidine rings is 1. The van der Waals surface area contributed by atoms with Crippen molar-refractivity contribution in [2.24, 2.45) is 5.92 Å². The van der Waals surface area contributed by atoms with E-state index < -0.39 is 0 Å². The van der Waals surface area contributed by atoms with Gasteiger partial charge < -0.3 is 15.3 Å². The van der Waals surface area contributed by atoms with Crippen molar-refractivity contribution in [2.45, 2.75) is 59.1 Å². The van der Waals surface area contributed by atoms with Crippen LogP contribution in [-0.4, -0.2) is 65.8 Å². The Morgan fingerprint density at radius 3 is 2.57 bits per heavy atom. The fourth-order valence-electron chi connectivity index (χ4n) is 3.10. The normalized spacial score (nSPS) is 20.9. The van der Waals surface area contributed by atoms with Gasteiger partial charge in [-0.25, -0.2) is 4.79 Å². The molecule has 0 saturated carbocycles. The summed E-state index contributed by atoms with van der Waals surface area (Å²) in [7, 11) is 0. The third-order valence-electron chi connectivity index (χ3n) is 4.24. The smallest absolute Gasteiger partial charge is 0.317 e. The number of amides is 2. The molecule has 1 fully saturated rings. The number of hydrogen-bond donors (Lipinski definition) is 2. The molecule has 0 aromatic rings. The van der Waals surface area contributed by atoms with E-state index in [4.69, 9.17) is 0 Å². The number of nitrogens with zero attached hydrogens (tertiary/aromatic N) is 2. The first kappa shape index (κ1) is 18.2. The van der Waals surface area contributed by atoms with Crippen LogP contribution in [0.15, 0.2) is 0 Å². The lowest BCUT2D eigenvalue weighted by Gasteiger charge is -2.34. The first-order valence-corrected chi connectivity index (χ1v) is 8.42. The standard InChI is InChI=1S/C16H33N3O2/c1-5-18(6-2)14(10-13(3)4)11-17-16(21)19-9-7-8-15(20)12-19/h13-15,20H,5-12H2,1-4H3,(H,17,21). The molecule has 21 heavy (non-hydrogen) atoms. The molecule has 2 amide bonds. The number of likely N-dealkylation sites (N-methyl/N-ethyl adjacent to an activating group) is 1. The minimum absolute atomic E-state index is 0.0327. The first-order valence-electron chi connectivity index (χ1n) is 8.42. The van der Waals surface area contributed by atoms with E-state index in [-0.39, 0.29) is 12.1 Å². The monoisotopic (exact) mass is 299 g/mol. The highest BCUT2D eigenvalue weighted by molar-refractivity contribution is 5.74. The highest BCUT2D eigenvalue weighted by Crippen LogP contribution is 2.12. The Labute approximate surface area is 129 Å². The molecule has 0 bridgehead atoms. The minimum Gasteiger partial charge on any atom is -0.391 e. The molecule has 0 aliphatic carbocycles. The number of carbonyl (C=O) groups excluding carboxylic acids is 1. The Morgan fingerprint density at radius 2 is 2.05 bits per heavy atom. The number of β-amino-alcohol motifs (C(OH)–C–C–N with tert-alkyl or cyclic N) is 1. The second-order valence-corrected chi connectivity index (χ2v) is 6.43. The molecule has 1 aliphatic rings. The Hall–Kier alpha value is -0.810. The van der Waals surface area contributed by atoms with Crippen molar-refractivity contribution in [1.82, 2.24) is 15.1 Å². The number of urea groups is 1. The molecule has 0 aromatic heterocycles. The Balaban J connectivity index is 2.49. The molecule has 2 unspecified atom stereocenters. The molecule has 1 saturated heterocycles. The van der Waals surface area contributed by atoms with Gasteiger partial charge in [-0.15, -0.1) is 0 Å². The number of nitrogens with one attached hydrogen (secondary N) is 1. The molecule has 0 radical (unpaired) electrons. The second kappa shape index (κ2) is 9.26. The van der Waals surface area contributed by atoms with Crippen molar-refractivity contribution < 1.29 is 9.90 Å². The number of likely N-dealkylation sites (tertiary alicyclic amines) is 1. The lowest BCUT2D eigenvalue weighted by Crippen LogP contribution is -2.51. The van der Waals surface area contributed by atoms with Crippen LogP contribution in [0, 0.1) is 5.92 Å². The number of carbonyl (C=O) groups is 1. The zero-order valence-electron chi connectivity index (χ0n) is 14.1. The van der Waals surface area contributed by atoms with Gasteiger partial charge in [0.1, 0.15) is 0 Å². The van der Waals surface area contributed by atoms with Crippen LogP contribution >= 0.6 is 0 Å². The molecule has 0 aromatic carbocycles. The van der Waals surface area contributed by atoms with Crippen LogP contribution in [0.3, 0.4) is 0 Å². The average molecular weight is 299 g/mol. The van der Waals surface area contributed by atoms with Gasteiger partial charge in [0.15, 0.2) is 0 Å². The van der Waals surface area contributed by atoms with Crippen molar-refractivity contribution in [3.8, 4) is 0 Å². The summed E-state index contributed by atoms with van der Waals surface area (Å²) in [5.41, 5.74) is 0. The van der Waals surface area contributed by atoms with Crippen LogP contribution < -0.4 is 5.32 Å². The summed E-state index contributed by atoms with van der Waals surface area (Å²) in [4.78, 5) is 16.4. The highest BCUT2D eigenvalue weighted by Gasteiger charge is 2.23. The highest BCUT2D eigenvalue weighted by atomic mass is 16.3. The summed E-state index contributed by atoms with van der Waals surface area (Å²) in [6.45, 7) is 12.7. The first-order chi connectivity index (χ1) is 9.97. The third kappa shape index (κ3) is 6.22. The molecule has 124 valence electrons. The summed E-state index contributed by atoms with van der Waals surface area (Å²) < 4.78 is 0. The molecule has 2 N–H and O–H groups in total. The summed E-state index contributed by atoms with van der Waals surface area (Å²) in [6, 6.07) is 0.355. The van der Waals surface area contributed by atoms with E-state index in [2.05, 4.69) is 37.9 Å². The van der Waals surface area contributed by atoms with Gasteiger partial charge in [0.25, 0.3) is 0 Å². The van der Waals surface area contributed by atoms with Gasteiger partial charge in [-0.1, -0.05) is 27.7 Å². The molecular formula is C16H33N3O2. The van der Waals surface area contributed by atoms with Crippen molar-refractivity contribution in [2.75, 3.05) is 32.7 Å². The fourth-order valence-corrected chi connectivity index (χ4v) is 3.10. The molecule has 2 atom stereocenters. The van der Waals surface area contributed by atoms with Gasteiger partial charge in [-0.2, -0.15) is 0 Å². The summed E-state index contributed by atoms with van der Waals surface area (Å²) in [5.74, 6) is 0.615. The van der Waals surface area contributed by atoms with Gasteiger partial charge in [0, 0.05) is 25.7 Å². The number of aliphatic hydroxyl groups excluding tert-OH is 1. The van der Waals surface area contributed by atoms with Crippen LogP contribution in [0.2, 0.25) is 0 Å². The summed E-state index contributed by atoms with van der Waals surface area (Å²) in [5, 5.41) is 12.7. The zero-order chi connectivity index (χ0) is 15.8. The van der Waals surface area contributed by atoms with Gasteiger partial charge in [-0.05, 0) is 38.3 Å². The maximum absolute atomic E-state index is 12.2. The van der Waals surface area contributed by atoms with Crippen LogP contribution in [-0.2, 0) is 0 Å². The van der Waals surface area contributed by atoms with Crippen LogP contribution in [0.5, 0.6) is 0 Å². The quantitative estimate of drug-likeness (QED) is 0.755.